The van der Waals surface area contributed by atoms with Gasteiger partial charge in [0.1, 0.15) is 0 Å². The van der Waals surface area contributed by atoms with Crippen LogP contribution in [0.2, 0.25) is 0 Å². The summed E-state index contributed by atoms with van der Waals surface area (Å²) in [4.78, 5) is 15.4. The zero-order valence-corrected chi connectivity index (χ0v) is 14.0. The molecule has 4 atom stereocenters. The molecule has 120 valence electrons. The Balaban J connectivity index is 1.75. The fourth-order valence-corrected chi connectivity index (χ4v) is 4.87. The van der Waals surface area contributed by atoms with Gasteiger partial charge in [-0.1, -0.05) is 27.2 Å². The maximum absolute atomic E-state index is 13.2. The lowest BCUT2D eigenvalue weighted by Crippen LogP contribution is -2.47. The van der Waals surface area contributed by atoms with Crippen molar-refractivity contribution in [3.05, 3.63) is 0 Å². The minimum absolute atomic E-state index is 0.247. The summed E-state index contributed by atoms with van der Waals surface area (Å²) in [7, 11) is 0. The van der Waals surface area contributed by atoms with Gasteiger partial charge in [-0.05, 0) is 55.3 Å². The van der Waals surface area contributed by atoms with Gasteiger partial charge in [0, 0.05) is 25.0 Å². The molecule has 0 aromatic heterocycles. The number of nitrogens with zero attached hydrogens (tertiary/aromatic N) is 1. The highest BCUT2D eigenvalue weighted by atomic mass is 16.2. The molecule has 2 aliphatic carbocycles. The van der Waals surface area contributed by atoms with E-state index in [4.69, 9.17) is 5.73 Å². The van der Waals surface area contributed by atoms with E-state index in [1.54, 1.807) is 0 Å². The van der Waals surface area contributed by atoms with E-state index in [0.29, 0.717) is 41.7 Å². The topological polar surface area (TPSA) is 46.3 Å². The monoisotopic (exact) mass is 292 g/mol. The number of carbonyl (C=O) groups is 1. The standard InChI is InChI=1S/C18H32N2O/c1-12(2)15-5-4-13(3)8-16(15)17(21)20-11-18(6-7-18)9-14(20)10-19/h12-16H,4-11,19H2,1-3H3/t13?,14-,15?,16?/m0/s1. The van der Waals surface area contributed by atoms with E-state index in [1.165, 1.54) is 25.7 Å². The zero-order chi connectivity index (χ0) is 15.2. The van der Waals surface area contributed by atoms with Crippen molar-refractivity contribution >= 4 is 5.91 Å². The van der Waals surface area contributed by atoms with Crippen LogP contribution in [0.3, 0.4) is 0 Å². The molecule has 0 aromatic carbocycles. The molecule has 3 fully saturated rings. The Kier molecular flexibility index (Phi) is 4.06. The Morgan fingerprint density at radius 3 is 2.62 bits per heavy atom. The minimum atomic E-state index is 0.247. The van der Waals surface area contributed by atoms with Crippen LogP contribution in [-0.2, 0) is 4.79 Å². The van der Waals surface area contributed by atoms with Gasteiger partial charge in [0.2, 0.25) is 5.91 Å². The highest BCUT2D eigenvalue weighted by molar-refractivity contribution is 5.80. The molecule has 3 unspecified atom stereocenters. The van der Waals surface area contributed by atoms with E-state index in [2.05, 4.69) is 25.7 Å². The van der Waals surface area contributed by atoms with Gasteiger partial charge in [-0.2, -0.15) is 0 Å². The van der Waals surface area contributed by atoms with Crippen LogP contribution in [0.15, 0.2) is 0 Å². The van der Waals surface area contributed by atoms with Gasteiger partial charge in [0.05, 0.1) is 0 Å². The third-order valence-electron chi connectivity index (χ3n) is 6.47. The second-order valence-electron chi connectivity index (χ2n) is 8.49. The van der Waals surface area contributed by atoms with Crippen LogP contribution < -0.4 is 5.73 Å². The summed E-state index contributed by atoms with van der Waals surface area (Å²) in [5.41, 5.74) is 6.43. The van der Waals surface area contributed by atoms with Crippen molar-refractivity contribution in [2.24, 2.45) is 34.8 Å². The van der Waals surface area contributed by atoms with Crippen molar-refractivity contribution in [2.45, 2.75) is 65.3 Å². The fourth-order valence-electron chi connectivity index (χ4n) is 4.87. The predicted molar refractivity (Wildman–Crippen MR) is 85.7 cm³/mol. The summed E-state index contributed by atoms with van der Waals surface area (Å²) in [6.45, 7) is 8.51. The maximum Gasteiger partial charge on any atom is 0.226 e. The lowest BCUT2D eigenvalue weighted by Gasteiger charge is -2.39. The highest BCUT2D eigenvalue weighted by Gasteiger charge is 2.54. The number of rotatable bonds is 3. The smallest absolute Gasteiger partial charge is 0.226 e. The average molecular weight is 292 g/mol. The lowest BCUT2D eigenvalue weighted by atomic mass is 9.69. The molecule has 1 saturated heterocycles. The van der Waals surface area contributed by atoms with Gasteiger partial charge in [0.15, 0.2) is 0 Å². The van der Waals surface area contributed by atoms with Crippen molar-refractivity contribution < 1.29 is 4.79 Å². The summed E-state index contributed by atoms with van der Waals surface area (Å²) in [6.07, 6.45) is 7.37. The summed E-state index contributed by atoms with van der Waals surface area (Å²) in [5.74, 6) is 2.56. The van der Waals surface area contributed by atoms with Gasteiger partial charge in [-0.3, -0.25) is 4.79 Å². The summed E-state index contributed by atoms with van der Waals surface area (Å²) >= 11 is 0. The summed E-state index contributed by atoms with van der Waals surface area (Å²) < 4.78 is 0. The third kappa shape index (κ3) is 2.86. The molecule has 1 heterocycles. The van der Waals surface area contributed by atoms with E-state index in [-0.39, 0.29) is 5.92 Å². The van der Waals surface area contributed by atoms with E-state index in [9.17, 15) is 4.79 Å². The minimum Gasteiger partial charge on any atom is -0.338 e. The molecule has 0 bridgehead atoms. The van der Waals surface area contributed by atoms with Gasteiger partial charge in [-0.25, -0.2) is 0 Å². The number of hydrogen-bond acceptors (Lipinski definition) is 2. The van der Waals surface area contributed by atoms with Gasteiger partial charge in [-0.15, -0.1) is 0 Å². The zero-order valence-electron chi connectivity index (χ0n) is 14.0. The normalized spacial score (nSPS) is 38.2. The largest absolute Gasteiger partial charge is 0.338 e. The molecule has 2 saturated carbocycles. The van der Waals surface area contributed by atoms with Crippen LogP contribution in [0.5, 0.6) is 0 Å². The van der Waals surface area contributed by atoms with Crippen LogP contribution in [0.1, 0.15) is 59.3 Å². The van der Waals surface area contributed by atoms with Crippen LogP contribution in [0.4, 0.5) is 0 Å². The first kappa shape index (κ1) is 15.3. The second-order valence-corrected chi connectivity index (χ2v) is 8.49. The van der Waals surface area contributed by atoms with Crippen molar-refractivity contribution in [2.75, 3.05) is 13.1 Å². The Hall–Kier alpha value is -0.570. The van der Waals surface area contributed by atoms with Gasteiger partial charge >= 0.3 is 0 Å². The Morgan fingerprint density at radius 2 is 2.05 bits per heavy atom. The SMILES string of the molecule is CC1CCC(C(C)C)C(C(=O)N2CC3(CC3)C[C@H]2CN)C1. The molecule has 1 spiro atoms. The molecule has 3 rings (SSSR count). The molecule has 1 amide bonds. The molecule has 3 nitrogen and oxygen atoms in total. The Bertz CT molecular complexity index is 402. The van der Waals surface area contributed by atoms with Crippen molar-refractivity contribution in [1.82, 2.24) is 4.90 Å². The first-order valence-electron chi connectivity index (χ1n) is 8.96. The Morgan fingerprint density at radius 1 is 1.33 bits per heavy atom. The van der Waals surface area contributed by atoms with Crippen LogP contribution in [0.25, 0.3) is 0 Å². The Labute approximate surface area is 129 Å². The van der Waals surface area contributed by atoms with E-state index in [0.717, 1.165) is 19.4 Å². The quantitative estimate of drug-likeness (QED) is 0.869. The number of amides is 1. The summed E-state index contributed by atoms with van der Waals surface area (Å²) in [6, 6.07) is 0.310. The van der Waals surface area contributed by atoms with Gasteiger partial charge < -0.3 is 10.6 Å². The molecular weight excluding hydrogens is 260 g/mol. The van der Waals surface area contributed by atoms with Crippen molar-refractivity contribution in [3.63, 3.8) is 0 Å². The average Bonchev–Trinajstić information content (AvgIpc) is 3.09. The molecule has 3 aliphatic rings. The van der Waals surface area contributed by atoms with Crippen LogP contribution in [-0.4, -0.2) is 29.9 Å². The van der Waals surface area contributed by atoms with E-state index in [1.807, 2.05) is 0 Å². The number of carbonyl (C=O) groups excluding carboxylic acids is 1. The first-order valence-corrected chi connectivity index (χ1v) is 8.96. The molecule has 21 heavy (non-hydrogen) atoms. The van der Waals surface area contributed by atoms with Crippen molar-refractivity contribution in [1.29, 1.82) is 0 Å². The molecular formula is C18H32N2O. The fraction of sp³-hybridized carbons (Fsp3) is 0.944. The number of likely N-dealkylation sites (tertiary alicyclic amines) is 1. The van der Waals surface area contributed by atoms with Gasteiger partial charge in [0.25, 0.3) is 0 Å². The van der Waals surface area contributed by atoms with Crippen LogP contribution in [0, 0.1) is 29.1 Å². The van der Waals surface area contributed by atoms with Crippen molar-refractivity contribution in [3.8, 4) is 0 Å². The maximum atomic E-state index is 13.2. The predicted octanol–water partition coefficient (Wildman–Crippen LogP) is 3.03. The molecule has 3 heteroatoms. The number of nitrogens with two attached hydrogens (primary N) is 1. The second kappa shape index (κ2) is 5.57. The molecule has 0 radical (unpaired) electrons. The third-order valence-corrected chi connectivity index (χ3v) is 6.47. The first-order chi connectivity index (χ1) is 9.96. The van der Waals surface area contributed by atoms with E-state index < -0.39 is 0 Å². The van der Waals surface area contributed by atoms with E-state index >= 15 is 0 Å². The molecule has 2 N–H and O–H groups in total. The van der Waals surface area contributed by atoms with Crippen LogP contribution >= 0.6 is 0 Å². The number of hydrogen-bond donors (Lipinski definition) is 1. The molecule has 1 aliphatic heterocycles. The lowest BCUT2D eigenvalue weighted by molar-refractivity contribution is -0.141. The summed E-state index contributed by atoms with van der Waals surface area (Å²) in [5, 5.41) is 0. The highest BCUT2D eigenvalue weighted by Crippen LogP contribution is 2.55. The molecule has 0 aromatic rings.